The molecule has 22 heavy (non-hydrogen) atoms. The monoisotopic (exact) mass is 293 g/mol. The van der Waals surface area contributed by atoms with Gasteiger partial charge in [0.2, 0.25) is 0 Å². The van der Waals surface area contributed by atoms with Gasteiger partial charge in [0.05, 0.1) is 0 Å². The van der Waals surface area contributed by atoms with Crippen LogP contribution in [0.2, 0.25) is 0 Å². The van der Waals surface area contributed by atoms with Crippen LogP contribution in [-0.2, 0) is 6.54 Å². The van der Waals surface area contributed by atoms with Crippen molar-refractivity contribution in [2.45, 2.75) is 39.8 Å². The predicted molar refractivity (Wildman–Crippen MR) is 92.9 cm³/mol. The molecule has 0 aliphatic rings. The normalized spacial score (nSPS) is 12.7. The lowest BCUT2D eigenvalue weighted by molar-refractivity contribution is 0.531. The number of rotatable bonds is 5. The fraction of sp³-hybridized carbons (Fsp3) is 0.316. The Morgan fingerprint density at radius 1 is 1.18 bits per heavy atom. The van der Waals surface area contributed by atoms with Gasteiger partial charge in [-0.25, -0.2) is 4.98 Å². The molecule has 3 nitrogen and oxygen atoms in total. The van der Waals surface area contributed by atoms with E-state index in [1.807, 2.05) is 12.3 Å². The molecular formula is C19H23N3. The van der Waals surface area contributed by atoms with Crippen LogP contribution in [0.3, 0.4) is 0 Å². The number of pyridine rings is 1. The van der Waals surface area contributed by atoms with Crippen LogP contribution in [0, 0.1) is 6.92 Å². The summed E-state index contributed by atoms with van der Waals surface area (Å²) >= 11 is 0. The Hall–Kier alpha value is -2.13. The van der Waals surface area contributed by atoms with E-state index in [1.54, 1.807) is 0 Å². The highest BCUT2D eigenvalue weighted by molar-refractivity contribution is 5.95. The third-order valence-corrected chi connectivity index (χ3v) is 4.23. The number of hydrogen-bond acceptors (Lipinski definition) is 2. The van der Waals surface area contributed by atoms with Gasteiger partial charge in [-0.3, -0.25) is 0 Å². The van der Waals surface area contributed by atoms with Crippen LogP contribution in [0.4, 0.5) is 0 Å². The van der Waals surface area contributed by atoms with E-state index in [1.165, 1.54) is 27.8 Å². The predicted octanol–water partition coefficient (Wildman–Crippen LogP) is 4.43. The molecule has 3 rings (SSSR count). The second-order valence-corrected chi connectivity index (χ2v) is 5.93. The third-order valence-electron chi connectivity index (χ3n) is 4.23. The highest BCUT2D eigenvalue weighted by Crippen LogP contribution is 2.31. The maximum Gasteiger partial charge on any atom is 0.138 e. The zero-order chi connectivity index (χ0) is 15.5. The molecule has 3 aromatic rings. The van der Waals surface area contributed by atoms with Crippen LogP contribution in [0.25, 0.3) is 22.2 Å². The Labute approximate surface area is 131 Å². The Morgan fingerprint density at radius 2 is 1.95 bits per heavy atom. The molecule has 0 radical (unpaired) electrons. The topological polar surface area (TPSA) is 40.7 Å². The zero-order valence-corrected chi connectivity index (χ0v) is 13.5. The zero-order valence-electron chi connectivity index (χ0n) is 13.5. The van der Waals surface area contributed by atoms with E-state index < -0.39 is 0 Å². The third kappa shape index (κ3) is 2.90. The van der Waals surface area contributed by atoms with E-state index in [-0.39, 0.29) is 0 Å². The molecule has 0 saturated carbocycles. The molecule has 1 unspecified atom stereocenters. The minimum Gasteiger partial charge on any atom is -0.342 e. The smallest absolute Gasteiger partial charge is 0.138 e. The molecule has 0 spiro atoms. The standard InChI is InChI=1S/C19H23N3/c1-4-14(3)21-12-17-18(15-9-7-13(2)8-10-15)16-6-5-11-20-19(16)22-17/h5-11,14,21H,4,12H2,1-3H3,(H,20,22). The summed E-state index contributed by atoms with van der Waals surface area (Å²) in [7, 11) is 0. The average molecular weight is 293 g/mol. The molecule has 0 bridgehead atoms. The van der Waals surface area contributed by atoms with Crippen molar-refractivity contribution in [3.8, 4) is 11.1 Å². The first-order valence-corrected chi connectivity index (χ1v) is 7.95. The van der Waals surface area contributed by atoms with Gasteiger partial charge in [0.1, 0.15) is 5.65 Å². The van der Waals surface area contributed by atoms with Crippen molar-refractivity contribution >= 4 is 11.0 Å². The van der Waals surface area contributed by atoms with Gasteiger partial charge in [-0.15, -0.1) is 0 Å². The van der Waals surface area contributed by atoms with Gasteiger partial charge in [0.15, 0.2) is 0 Å². The summed E-state index contributed by atoms with van der Waals surface area (Å²) in [6, 6.07) is 13.4. The van der Waals surface area contributed by atoms with Crippen molar-refractivity contribution < 1.29 is 0 Å². The van der Waals surface area contributed by atoms with Gasteiger partial charge < -0.3 is 10.3 Å². The fourth-order valence-corrected chi connectivity index (χ4v) is 2.68. The summed E-state index contributed by atoms with van der Waals surface area (Å²) in [4.78, 5) is 7.95. The van der Waals surface area contributed by atoms with Gasteiger partial charge in [0.25, 0.3) is 0 Å². The molecule has 114 valence electrons. The molecule has 0 saturated heterocycles. The SMILES string of the molecule is CCC(C)NCc1[nH]c2ncccc2c1-c1ccc(C)cc1. The lowest BCUT2D eigenvalue weighted by atomic mass is 10.0. The van der Waals surface area contributed by atoms with E-state index in [9.17, 15) is 0 Å². The number of nitrogens with zero attached hydrogens (tertiary/aromatic N) is 1. The Bertz CT molecular complexity index is 756. The van der Waals surface area contributed by atoms with Crippen LogP contribution in [0.1, 0.15) is 31.5 Å². The molecular weight excluding hydrogens is 270 g/mol. The van der Waals surface area contributed by atoms with Crippen molar-refractivity contribution in [3.63, 3.8) is 0 Å². The van der Waals surface area contributed by atoms with Crippen molar-refractivity contribution in [1.82, 2.24) is 15.3 Å². The fourth-order valence-electron chi connectivity index (χ4n) is 2.68. The number of aryl methyl sites for hydroxylation is 1. The molecule has 1 atom stereocenters. The molecule has 2 heterocycles. The summed E-state index contributed by atoms with van der Waals surface area (Å²) in [6.07, 6.45) is 2.96. The van der Waals surface area contributed by atoms with E-state index in [2.05, 4.69) is 66.4 Å². The molecule has 1 aromatic carbocycles. The van der Waals surface area contributed by atoms with Gasteiger partial charge in [0, 0.05) is 35.4 Å². The number of H-pyrrole nitrogens is 1. The van der Waals surface area contributed by atoms with Crippen LogP contribution in [0.5, 0.6) is 0 Å². The van der Waals surface area contributed by atoms with Gasteiger partial charge in [-0.05, 0) is 38.0 Å². The maximum absolute atomic E-state index is 4.47. The van der Waals surface area contributed by atoms with Crippen molar-refractivity contribution in [1.29, 1.82) is 0 Å². The highest BCUT2D eigenvalue weighted by atomic mass is 14.9. The summed E-state index contributed by atoms with van der Waals surface area (Å²) in [5, 5.41) is 4.76. The first-order chi connectivity index (χ1) is 10.7. The summed E-state index contributed by atoms with van der Waals surface area (Å²) in [5.74, 6) is 0. The largest absolute Gasteiger partial charge is 0.342 e. The Morgan fingerprint density at radius 3 is 2.68 bits per heavy atom. The van der Waals surface area contributed by atoms with E-state index in [0.29, 0.717) is 6.04 Å². The van der Waals surface area contributed by atoms with Crippen molar-refractivity contribution in [3.05, 3.63) is 53.9 Å². The Balaban J connectivity index is 2.06. The average Bonchev–Trinajstić information content (AvgIpc) is 2.92. The van der Waals surface area contributed by atoms with Gasteiger partial charge in [-0.1, -0.05) is 36.8 Å². The highest BCUT2D eigenvalue weighted by Gasteiger charge is 2.14. The minimum atomic E-state index is 0.505. The second kappa shape index (κ2) is 6.32. The first-order valence-electron chi connectivity index (χ1n) is 7.95. The van der Waals surface area contributed by atoms with Gasteiger partial charge >= 0.3 is 0 Å². The van der Waals surface area contributed by atoms with Crippen LogP contribution in [-0.4, -0.2) is 16.0 Å². The molecule has 0 fully saturated rings. The van der Waals surface area contributed by atoms with Crippen molar-refractivity contribution in [2.24, 2.45) is 0 Å². The van der Waals surface area contributed by atoms with Crippen LogP contribution in [0.15, 0.2) is 42.6 Å². The molecule has 3 heteroatoms. The molecule has 2 N–H and O–H groups in total. The van der Waals surface area contributed by atoms with Crippen LogP contribution < -0.4 is 5.32 Å². The van der Waals surface area contributed by atoms with E-state index in [4.69, 9.17) is 0 Å². The second-order valence-electron chi connectivity index (χ2n) is 5.93. The van der Waals surface area contributed by atoms with Gasteiger partial charge in [-0.2, -0.15) is 0 Å². The number of hydrogen-bond donors (Lipinski definition) is 2. The van der Waals surface area contributed by atoms with E-state index >= 15 is 0 Å². The molecule has 2 aromatic heterocycles. The summed E-state index contributed by atoms with van der Waals surface area (Å²) in [5.41, 5.74) is 5.95. The Kier molecular flexibility index (Phi) is 4.25. The number of fused-ring (bicyclic) bond motifs is 1. The van der Waals surface area contributed by atoms with E-state index in [0.717, 1.165) is 18.6 Å². The minimum absolute atomic E-state index is 0.505. The van der Waals surface area contributed by atoms with Crippen molar-refractivity contribution in [2.75, 3.05) is 0 Å². The number of benzene rings is 1. The molecule has 0 aliphatic heterocycles. The number of nitrogens with one attached hydrogen (secondary N) is 2. The maximum atomic E-state index is 4.47. The van der Waals surface area contributed by atoms with Crippen LogP contribution >= 0.6 is 0 Å². The summed E-state index contributed by atoms with van der Waals surface area (Å²) in [6.45, 7) is 7.36. The molecule has 0 amide bonds. The molecule has 0 aliphatic carbocycles. The quantitative estimate of drug-likeness (QED) is 0.730. The summed E-state index contributed by atoms with van der Waals surface area (Å²) < 4.78 is 0. The lowest BCUT2D eigenvalue weighted by Crippen LogP contribution is -2.24. The number of aromatic nitrogens is 2. The first kappa shape index (κ1) is 14.8. The lowest BCUT2D eigenvalue weighted by Gasteiger charge is -2.12. The number of aromatic amines is 1.